The van der Waals surface area contributed by atoms with Crippen molar-refractivity contribution in [2.75, 3.05) is 0 Å². The zero-order valence-electron chi connectivity index (χ0n) is 9.57. The number of hydrogen-bond acceptors (Lipinski definition) is 2. The molecule has 4 heteroatoms. The first-order valence-corrected chi connectivity index (χ1v) is 6.63. The third-order valence-corrected chi connectivity index (χ3v) is 3.68. The first-order valence-electron chi connectivity index (χ1n) is 5.46. The van der Waals surface area contributed by atoms with Crippen LogP contribution >= 0.6 is 27.5 Å². The van der Waals surface area contributed by atoms with Crippen molar-refractivity contribution in [3.63, 3.8) is 0 Å². The van der Waals surface area contributed by atoms with E-state index in [1.165, 1.54) is 0 Å². The summed E-state index contributed by atoms with van der Waals surface area (Å²) < 4.78 is 6.52. The summed E-state index contributed by atoms with van der Waals surface area (Å²) in [5.41, 5.74) is 1.74. The molecule has 2 nitrogen and oxygen atoms in total. The monoisotopic (exact) mass is 326 g/mol. The van der Waals surface area contributed by atoms with Crippen LogP contribution in [0.5, 0.6) is 5.75 Å². The summed E-state index contributed by atoms with van der Waals surface area (Å²) in [6.07, 6.45) is 0. The van der Waals surface area contributed by atoms with E-state index in [-0.39, 0.29) is 6.61 Å². The summed E-state index contributed by atoms with van der Waals surface area (Å²) in [7, 11) is 0. The number of hydrogen-bond donors (Lipinski definition) is 1. The highest BCUT2D eigenvalue weighted by Crippen LogP contribution is 2.24. The van der Waals surface area contributed by atoms with E-state index in [0.29, 0.717) is 17.4 Å². The molecule has 94 valence electrons. The fourth-order valence-corrected chi connectivity index (χ4v) is 2.10. The number of aliphatic hydroxyl groups excluding tert-OH is 1. The number of benzene rings is 2. The van der Waals surface area contributed by atoms with Gasteiger partial charge in [-0.1, -0.05) is 45.7 Å². The van der Waals surface area contributed by atoms with Gasteiger partial charge in [0.15, 0.2) is 0 Å². The van der Waals surface area contributed by atoms with Crippen LogP contribution in [0, 0.1) is 0 Å². The van der Waals surface area contributed by atoms with Crippen LogP contribution in [0.3, 0.4) is 0 Å². The Hall–Kier alpha value is -1.03. The first-order chi connectivity index (χ1) is 8.70. The smallest absolute Gasteiger partial charge is 0.120 e. The third kappa shape index (κ3) is 3.25. The van der Waals surface area contributed by atoms with Crippen LogP contribution in [-0.2, 0) is 13.2 Å². The Morgan fingerprint density at radius 1 is 1.11 bits per heavy atom. The average Bonchev–Trinajstić information content (AvgIpc) is 2.39. The highest BCUT2D eigenvalue weighted by Gasteiger charge is 2.03. The molecule has 0 saturated carbocycles. The highest BCUT2D eigenvalue weighted by molar-refractivity contribution is 9.10. The lowest BCUT2D eigenvalue weighted by Gasteiger charge is -2.09. The molecule has 0 saturated heterocycles. The SMILES string of the molecule is OCc1cc(OCc2ccccc2Cl)ccc1Br. The lowest BCUT2D eigenvalue weighted by atomic mass is 10.2. The maximum atomic E-state index is 9.17. The van der Waals surface area contributed by atoms with Gasteiger partial charge in [-0.2, -0.15) is 0 Å². The van der Waals surface area contributed by atoms with Crippen LogP contribution in [0.15, 0.2) is 46.9 Å². The molecule has 0 spiro atoms. The van der Waals surface area contributed by atoms with Gasteiger partial charge in [-0.25, -0.2) is 0 Å². The van der Waals surface area contributed by atoms with Crippen molar-refractivity contribution in [1.29, 1.82) is 0 Å². The summed E-state index contributed by atoms with van der Waals surface area (Å²) in [6.45, 7) is 0.385. The van der Waals surface area contributed by atoms with E-state index >= 15 is 0 Å². The highest BCUT2D eigenvalue weighted by atomic mass is 79.9. The van der Waals surface area contributed by atoms with Crippen molar-refractivity contribution in [2.45, 2.75) is 13.2 Å². The summed E-state index contributed by atoms with van der Waals surface area (Å²) in [5.74, 6) is 0.710. The van der Waals surface area contributed by atoms with E-state index in [1.54, 1.807) is 6.07 Å². The van der Waals surface area contributed by atoms with Crippen LogP contribution < -0.4 is 4.74 Å². The largest absolute Gasteiger partial charge is 0.489 e. The van der Waals surface area contributed by atoms with Gasteiger partial charge in [0.05, 0.1) is 6.61 Å². The minimum Gasteiger partial charge on any atom is -0.489 e. The first kappa shape index (κ1) is 13.4. The Morgan fingerprint density at radius 3 is 2.61 bits per heavy atom. The molecule has 0 heterocycles. The normalized spacial score (nSPS) is 10.4. The van der Waals surface area contributed by atoms with E-state index in [4.69, 9.17) is 21.4 Å². The molecule has 0 unspecified atom stereocenters. The van der Waals surface area contributed by atoms with Gasteiger partial charge in [0.2, 0.25) is 0 Å². The van der Waals surface area contributed by atoms with Gasteiger partial charge >= 0.3 is 0 Å². The van der Waals surface area contributed by atoms with E-state index in [2.05, 4.69) is 15.9 Å². The second-order valence-electron chi connectivity index (χ2n) is 3.79. The topological polar surface area (TPSA) is 29.5 Å². The molecule has 0 aliphatic rings. The zero-order chi connectivity index (χ0) is 13.0. The van der Waals surface area contributed by atoms with Crippen LogP contribution in [0.1, 0.15) is 11.1 Å². The minimum absolute atomic E-state index is 0.0239. The molecule has 0 fully saturated rings. The molecular weight excluding hydrogens is 316 g/mol. The predicted octanol–water partition coefficient (Wildman–Crippen LogP) is 4.17. The Balaban J connectivity index is 2.09. The molecule has 0 radical (unpaired) electrons. The summed E-state index contributed by atoms with van der Waals surface area (Å²) >= 11 is 9.41. The molecule has 2 aromatic carbocycles. The predicted molar refractivity (Wildman–Crippen MR) is 75.8 cm³/mol. The van der Waals surface area contributed by atoms with Crippen molar-refractivity contribution in [2.24, 2.45) is 0 Å². The lowest BCUT2D eigenvalue weighted by molar-refractivity contribution is 0.277. The van der Waals surface area contributed by atoms with Crippen LogP contribution in [0.25, 0.3) is 0 Å². The lowest BCUT2D eigenvalue weighted by Crippen LogP contribution is -1.97. The fraction of sp³-hybridized carbons (Fsp3) is 0.143. The number of aliphatic hydroxyl groups is 1. The zero-order valence-corrected chi connectivity index (χ0v) is 11.9. The number of rotatable bonds is 4. The minimum atomic E-state index is -0.0239. The van der Waals surface area contributed by atoms with E-state index < -0.39 is 0 Å². The maximum Gasteiger partial charge on any atom is 0.120 e. The second-order valence-corrected chi connectivity index (χ2v) is 5.05. The van der Waals surface area contributed by atoms with Crippen molar-refractivity contribution in [1.82, 2.24) is 0 Å². The molecule has 0 aliphatic heterocycles. The summed E-state index contributed by atoms with van der Waals surface area (Å²) in [6, 6.07) is 13.1. The molecule has 0 amide bonds. The molecule has 0 bridgehead atoms. The average molecular weight is 328 g/mol. The Kier molecular flexibility index (Phi) is 4.64. The third-order valence-electron chi connectivity index (χ3n) is 2.54. The molecule has 0 aliphatic carbocycles. The second kappa shape index (κ2) is 6.23. The van der Waals surface area contributed by atoms with E-state index in [1.807, 2.05) is 36.4 Å². The quantitative estimate of drug-likeness (QED) is 0.913. The Bertz CT molecular complexity index is 543. The number of ether oxygens (including phenoxy) is 1. The number of halogens is 2. The van der Waals surface area contributed by atoms with E-state index in [0.717, 1.165) is 15.6 Å². The molecule has 0 aromatic heterocycles. The van der Waals surface area contributed by atoms with Crippen molar-refractivity contribution < 1.29 is 9.84 Å². The van der Waals surface area contributed by atoms with Gasteiger partial charge in [-0.3, -0.25) is 0 Å². The molecule has 0 atom stereocenters. The van der Waals surface area contributed by atoms with Crippen molar-refractivity contribution >= 4 is 27.5 Å². The maximum absolute atomic E-state index is 9.17. The van der Waals surface area contributed by atoms with Crippen LogP contribution in [0.2, 0.25) is 5.02 Å². The molecule has 1 N–H and O–H groups in total. The molecular formula is C14H12BrClO2. The summed E-state index contributed by atoms with van der Waals surface area (Å²) in [4.78, 5) is 0. The standard InChI is InChI=1S/C14H12BrClO2/c15-13-6-5-12(7-11(13)8-17)18-9-10-3-1-2-4-14(10)16/h1-7,17H,8-9H2. The van der Waals surface area contributed by atoms with Crippen molar-refractivity contribution in [3.8, 4) is 5.75 Å². The Morgan fingerprint density at radius 2 is 1.89 bits per heavy atom. The van der Waals surface area contributed by atoms with Crippen molar-refractivity contribution in [3.05, 3.63) is 63.1 Å². The van der Waals surface area contributed by atoms with Gasteiger partial charge in [-0.05, 0) is 29.8 Å². The van der Waals surface area contributed by atoms with Crippen LogP contribution in [-0.4, -0.2) is 5.11 Å². The van der Waals surface area contributed by atoms with Gasteiger partial charge in [0.1, 0.15) is 12.4 Å². The van der Waals surface area contributed by atoms with Gasteiger partial charge < -0.3 is 9.84 Å². The fourth-order valence-electron chi connectivity index (χ4n) is 1.54. The van der Waals surface area contributed by atoms with Crippen LogP contribution in [0.4, 0.5) is 0 Å². The van der Waals surface area contributed by atoms with Gasteiger partial charge in [-0.15, -0.1) is 0 Å². The Labute approximate surface area is 119 Å². The van der Waals surface area contributed by atoms with Gasteiger partial charge in [0, 0.05) is 15.1 Å². The van der Waals surface area contributed by atoms with Gasteiger partial charge in [0.25, 0.3) is 0 Å². The molecule has 18 heavy (non-hydrogen) atoms. The van der Waals surface area contributed by atoms with E-state index in [9.17, 15) is 0 Å². The molecule has 2 rings (SSSR count). The summed E-state index contributed by atoms with van der Waals surface area (Å²) in [5, 5.41) is 9.86. The molecule has 2 aromatic rings.